The molecule has 0 radical (unpaired) electrons. The van der Waals surface area contributed by atoms with Crippen molar-refractivity contribution >= 4 is 5.97 Å². The van der Waals surface area contributed by atoms with Crippen molar-refractivity contribution < 1.29 is 9.53 Å². The number of allylic oxidation sites excluding steroid dienone is 1. The van der Waals surface area contributed by atoms with Crippen LogP contribution in [0.5, 0.6) is 0 Å². The van der Waals surface area contributed by atoms with Crippen molar-refractivity contribution in [2.24, 2.45) is 0 Å². The summed E-state index contributed by atoms with van der Waals surface area (Å²) >= 11 is 0. The van der Waals surface area contributed by atoms with Crippen molar-refractivity contribution in [1.82, 2.24) is 5.32 Å². The maximum Gasteiger partial charge on any atom is 0.308 e. The average Bonchev–Trinajstić information content (AvgIpc) is 2.37. The Morgan fingerprint density at radius 2 is 1.90 bits per heavy atom. The lowest BCUT2D eigenvalue weighted by molar-refractivity contribution is -0.155. The van der Waals surface area contributed by atoms with Crippen molar-refractivity contribution in [3.05, 3.63) is 48.0 Å². The summed E-state index contributed by atoms with van der Waals surface area (Å²) in [6.45, 7) is 9.71. The summed E-state index contributed by atoms with van der Waals surface area (Å²) in [5, 5.41) is 3.46. The Bertz CT molecular complexity index is 460. The van der Waals surface area contributed by atoms with Gasteiger partial charge in [0.1, 0.15) is 5.60 Å². The van der Waals surface area contributed by atoms with E-state index in [0.717, 1.165) is 0 Å². The van der Waals surface area contributed by atoms with Gasteiger partial charge in [0.25, 0.3) is 0 Å². The Kier molecular flexibility index (Phi) is 6.63. The average molecular weight is 289 g/mol. The molecule has 1 aromatic rings. The Morgan fingerprint density at radius 3 is 2.43 bits per heavy atom. The molecule has 0 aromatic heterocycles. The minimum absolute atomic E-state index is 0.0277. The molecule has 0 spiro atoms. The molecule has 116 valence electrons. The van der Waals surface area contributed by atoms with Crippen molar-refractivity contribution in [2.75, 3.05) is 0 Å². The number of hydrogen-bond donors (Lipinski definition) is 1. The molecule has 0 fully saturated rings. The van der Waals surface area contributed by atoms with Gasteiger partial charge in [0.15, 0.2) is 0 Å². The van der Waals surface area contributed by atoms with Gasteiger partial charge in [0, 0.05) is 12.1 Å². The Balaban J connectivity index is 2.63. The third kappa shape index (κ3) is 7.09. The fourth-order valence-corrected chi connectivity index (χ4v) is 2.14. The van der Waals surface area contributed by atoms with E-state index in [4.69, 9.17) is 4.74 Å². The van der Waals surface area contributed by atoms with E-state index < -0.39 is 5.60 Å². The van der Waals surface area contributed by atoms with Crippen LogP contribution in [0.1, 0.15) is 52.6 Å². The Labute approximate surface area is 128 Å². The molecule has 1 rings (SSSR count). The zero-order valence-corrected chi connectivity index (χ0v) is 13.7. The summed E-state index contributed by atoms with van der Waals surface area (Å²) in [5.41, 5.74) is 0.763. The second-order valence-corrected chi connectivity index (χ2v) is 6.22. The largest absolute Gasteiger partial charge is 0.460 e. The second-order valence-electron chi connectivity index (χ2n) is 6.22. The van der Waals surface area contributed by atoms with Gasteiger partial charge >= 0.3 is 5.97 Å². The van der Waals surface area contributed by atoms with Crippen molar-refractivity contribution in [3.8, 4) is 0 Å². The molecule has 0 saturated carbocycles. The lowest BCUT2D eigenvalue weighted by Gasteiger charge is -2.24. The summed E-state index contributed by atoms with van der Waals surface area (Å²) in [7, 11) is 0. The fourth-order valence-electron chi connectivity index (χ4n) is 2.14. The number of benzene rings is 1. The molecule has 0 heterocycles. The molecule has 3 nitrogen and oxygen atoms in total. The molecule has 0 saturated heterocycles. The first-order chi connectivity index (χ1) is 9.81. The lowest BCUT2D eigenvalue weighted by Crippen LogP contribution is -2.34. The highest BCUT2D eigenvalue weighted by Gasteiger charge is 2.20. The van der Waals surface area contributed by atoms with Gasteiger partial charge in [-0.25, -0.2) is 0 Å². The molecule has 2 atom stereocenters. The summed E-state index contributed by atoms with van der Waals surface area (Å²) in [6.07, 6.45) is 4.29. The first-order valence-electron chi connectivity index (χ1n) is 7.47. The van der Waals surface area contributed by atoms with Gasteiger partial charge in [-0.1, -0.05) is 42.5 Å². The zero-order chi connectivity index (χ0) is 15.9. The van der Waals surface area contributed by atoms with Crippen LogP contribution in [-0.4, -0.2) is 17.6 Å². The third-order valence-corrected chi connectivity index (χ3v) is 3.00. The third-order valence-electron chi connectivity index (χ3n) is 3.00. The monoisotopic (exact) mass is 289 g/mol. The summed E-state index contributed by atoms with van der Waals surface area (Å²) in [6, 6.07) is 10.4. The van der Waals surface area contributed by atoms with Crippen molar-refractivity contribution in [1.29, 1.82) is 0 Å². The molecule has 1 N–H and O–H groups in total. The van der Waals surface area contributed by atoms with Gasteiger partial charge < -0.3 is 10.1 Å². The molecule has 21 heavy (non-hydrogen) atoms. The van der Waals surface area contributed by atoms with Gasteiger partial charge in [-0.15, -0.1) is 0 Å². The van der Waals surface area contributed by atoms with Crippen LogP contribution in [0.4, 0.5) is 0 Å². The highest BCUT2D eigenvalue weighted by molar-refractivity contribution is 5.71. The number of rotatable bonds is 6. The Hall–Kier alpha value is -1.61. The smallest absolute Gasteiger partial charge is 0.308 e. The molecule has 0 aliphatic heterocycles. The van der Waals surface area contributed by atoms with E-state index in [1.54, 1.807) is 0 Å². The van der Waals surface area contributed by atoms with Crippen LogP contribution < -0.4 is 5.32 Å². The molecule has 0 aliphatic carbocycles. The molecule has 0 aliphatic rings. The maximum atomic E-state index is 12.0. The number of hydrogen-bond acceptors (Lipinski definition) is 3. The lowest BCUT2D eigenvalue weighted by atomic mass is 10.1. The number of carbonyl (C=O) groups excluding carboxylic acids is 1. The number of esters is 1. The number of ether oxygens (including phenoxy) is 1. The first-order valence-corrected chi connectivity index (χ1v) is 7.47. The van der Waals surface area contributed by atoms with Crippen LogP contribution in [-0.2, 0) is 9.53 Å². The molecule has 0 amide bonds. The van der Waals surface area contributed by atoms with Crippen LogP contribution in [0.15, 0.2) is 42.5 Å². The molecular formula is C18H27NO2. The Morgan fingerprint density at radius 1 is 1.29 bits per heavy atom. The van der Waals surface area contributed by atoms with Crippen LogP contribution in [0.25, 0.3) is 0 Å². The van der Waals surface area contributed by atoms with E-state index in [9.17, 15) is 4.79 Å². The highest BCUT2D eigenvalue weighted by Crippen LogP contribution is 2.15. The predicted octanol–water partition coefficient (Wildman–Crippen LogP) is 4.01. The number of nitrogens with one attached hydrogen (secondary N) is 1. The minimum atomic E-state index is -0.442. The quantitative estimate of drug-likeness (QED) is 0.635. The fraction of sp³-hybridized carbons (Fsp3) is 0.500. The highest BCUT2D eigenvalue weighted by atomic mass is 16.6. The van der Waals surface area contributed by atoms with Crippen LogP contribution >= 0.6 is 0 Å². The van der Waals surface area contributed by atoms with Crippen molar-refractivity contribution in [3.63, 3.8) is 0 Å². The molecule has 1 aromatic carbocycles. The minimum Gasteiger partial charge on any atom is -0.460 e. The van der Waals surface area contributed by atoms with E-state index in [1.165, 1.54) is 5.56 Å². The topological polar surface area (TPSA) is 38.3 Å². The van der Waals surface area contributed by atoms with E-state index in [2.05, 4.69) is 24.4 Å². The van der Waals surface area contributed by atoms with Crippen LogP contribution in [0, 0.1) is 0 Å². The second kappa shape index (κ2) is 7.99. The molecule has 0 bridgehead atoms. The summed E-state index contributed by atoms with van der Waals surface area (Å²) in [4.78, 5) is 12.0. The number of carbonyl (C=O) groups is 1. The molecular weight excluding hydrogens is 262 g/mol. The van der Waals surface area contributed by atoms with Crippen LogP contribution in [0.2, 0.25) is 0 Å². The van der Waals surface area contributed by atoms with E-state index in [-0.39, 0.29) is 18.1 Å². The predicted molar refractivity (Wildman–Crippen MR) is 87.1 cm³/mol. The van der Waals surface area contributed by atoms with Gasteiger partial charge in [0.2, 0.25) is 0 Å². The van der Waals surface area contributed by atoms with Crippen molar-refractivity contribution in [2.45, 2.75) is 58.7 Å². The van der Waals surface area contributed by atoms with Crippen LogP contribution in [0.3, 0.4) is 0 Å². The van der Waals surface area contributed by atoms with Gasteiger partial charge in [-0.05, 0) is 40.2 Å². The van der Waals surface area contributed by atoms with E-state index in [1.807, 2.05) is 58.0 Å². The zero-order valence-electron chi connectivity index (χ0n) is 13.7. The first kappa shape index (κ1) is 17.4. The van der Waals surface area contributed by atoms with Gasteiger partial charge in [-0.3, -0.25) is 4.79 Å². The molecule has 0 unspecified atom stereocenters. The van der Waals surface area contributed by atoms with Gasteiger partial charge in [-0.2, -0.15) is 0 Å². The summed E-state index contributed by atoms with van der Waals surface area (Å²) < 4.78 is 5.39. The van der Waals surface area contributed by atoms with Gasteiger partial charge in [0.05, 0.1) is 6.42 Å². The molecule has 3 heteroatoms. The summed E-state index contributed by atoms with van der Waals surface area (Å²) in [5.74, 6) is -0.182. The van der Waals surface area contributed by atoms with E-state index >= 15 is 0 Å². The standard InChI is InChI=1S/C18H27NO2/c1-6-10-16(13-17(20)21-18(3,4)5)19-14(2)15-11-8-7-9-12-15/h6-12,14,16,19H,13H2,1-5H3/b10-6+/t14-,16+/m1/s1. The van der Waals surface area contributed by atoms with E-state index in [0.29, 0.717) is 6.42 Å². The SMILES string of the molecule is C/C=C/[C@@H](CC(=O)OC(C)(C)C)N[C@H](C)c1ccccc1. The normalized spacial score (nSPS) is 14.9. The maximum absolute atomic E-state index is 12.0.